The molecule has 1 aliphatic rings. The van der Waals surface area contributed by atoms with Gasteiger partial charge in [-0.1, -0.05) is 0 Å². The van der Waals surface area contributed by atoms with Gasteiger partial charge in [-0.3, -0.25) is 9.59 Å². The monoisotopic (exact) mass is 174 g/mol. The van der Waals surface area contributed by atoms with E-state index in [2.05, 4.69) is 4.74 Å². The summed E-state index contributed by atoms with van der Waals surface area (Å²) in [7, 11) is 1.35. The van der Waals surface area contributed by atoms with Crippen LogP contribution in [0.5, 0.6) is 0 Å². The molecule has 1 atom stereocenters. The van der Waals surface area contributed by atoms with E-state index < -0.39 is 0 Å². The molecule has 1 fully saturated rings. The second-order valence-corrected chi connectivity index (χ2v) is 2.53. The molecular weight excluding hydrogens is 160 g/mol. The van der Waals surface area contributed by atoms with Crippen LogP contribution in [-0.4, -0.2) is 25.2 Å². The first-order valence-corrected chi connectivity index (χ1v) is 3.80. The number of cyclic esters (lactones) is 1. The molecule has 0 aromatic heterocycles. The molecule has 0 aliphatic carbocycles. The summed E-state index contributed by atoms with van der Waals surface area (Å²) in [5.74, 6) is -0.294. The summed E-state index contributed by atoms with van der Waals surface area (Å²) in [5.41, 5.74) is 0. The van der Waals surface area contributed by atoms with Crippen molar-refractivity contribution in [1.29, 1.82) is 0 Å². The largest absolute Gasteiger partial charge is 0.469 e. The van der Waals surface area contributed by atoms with Crippen LogP contribution in [0.1, 0.15) is 26.7 Å². The van der Waals surface area contributed by atoms with Crippen molar-refractivity contribution < 1.29 is 19.1 Å². The third-order valence-electron chi connectivity index (χ3n) is 1.38. The molecule has 70 valence electrons. The number of esters is 2. The van der Waals surface area contributed by atoms with Crippen molar-refractivity contribution in [3.8, 4) is 0 Å². The normalized spacial score (nSPS) is 20.6. The highest BCUT2D eigenvalue weighted by atomic mass is 16.5. The van der Waals surface area contributed by atoms with Crippen molar-refractivity contribution >= 4 is 11.9 Å². The van der Waals surface area contributed by atoms with E-state index in [1.165, 1.54) is 14.0 Å². The van der Waals surface area contributed by atoms with Gasteiger partial charge in [-0.15, -0.1) is 0 Å². The Balaban J connectivity index is 0.000000217. The van der Waals surface area contributed by atoms with Gasteiger partial charge in [0.1, 0.15) is 0 Å². The van der Waals surface area contributed by atoms with Crippen molar-refractivity contribution in [2.45, 2.75) is 32.8 Å². The number of hydrogen-bond acceptors (Lipinski definition) is 4. The SMILES string of the molecule is CC1CCC(=O)O1.COC(C)=O. The fraction of sp³-hybridized carbons (Fsp3) is 0.750. The summed E-state index contributed by atoms with van der Waals surface area (Å²) in [6, 6.07) is 0. The lowest BCUT2D eigenvalue weighted by molar-refractivity contribution is -0.141. The molecule has 1 rings (SSSR count). The van der Waals surface area contributed by atoms with Gasteiger partial charge < -0.3 is 9.47 Å². The lowest BCUT2D eigenvalue weighted by Crippen LogP contribution is -1.98. The van der Waals surface area contributed by atoms with Crippen molar-refractivity contribution in [2.24, 2.45) is 0 Å². The number of hydrogen-bond donors (Lipinski definition) is 0. The fourth-order valence-corrected chi connectivity index (χ4v) is 0.663. The van der Waals surface area contributed by atoms with Crippen LogP contribution in [0.2, 0.25) is 0 Å². The standard InChI is InChI=1S/C5H8O2.C3H6O2/c1-4-2-3-5(6)7-4;1-3(4)5-2/h4H,2-3H2,1H3;1-2H3. The molecule has 1 saturated heterocycles. The highest BCUT2D eigenvalue weighted by Gasteiger charge is 2.17. The smallest absolute Gasteiger partial charge is 0.306 e. The quantitative estimate of drug-likeness (QED) is 0.512. The minimum Gasteiger partial charge on any atom is -0.469 e. The van der Waals surface area contributed by atoms with E-state index in [1.807, 2.05) is 6.92 Å². The first kappa shape index (κ1) is 10.9. The van der Waals surface area contributed by atoms with Crippen molar-refractivity contribution in [2.75, 3.05) is 7.11 Å². The minimum atomic E-state index is -0.245. The number of methoxy groups -OCH3 is 1. The third-order valence-corrected chi connectivity index (χ3v) is 1.38. The Morgan fingerprint density at radius 1 is 1.67 bits per heavy atom. The molecule has 0 radical (unpaired) electrons. The predicted molar refractivity (Wildman–Crippen MR) is 42.5 cm³/mol. The van der Waals surface area contributed by atoms with Crippen molar-refractivity contribution in [1.82, 2.24) is 0 Å². The van der Waals surface area contributed by atoms with E-state index in [-0.39, 0.29) is 18.0 Å². The van der Waals surface area contributed by atoms with E-state index in [9.17, 15) is 9.59 Å². The van der Waals surface area contributed by atoms with Gasteiger partial charge in [0.15, 0.2) is 0 Å². The molecule has 0 bridgehead atoms. The van der Waals surface area contributed by atoms with Crippen LogP contribution in [0.15, 0.2) is 0 Å². The van der Waals surface area contributed by atoms with Crippen LogP contribution in [0.25, 0.3) is 0 Å². The molecule has 4 nitrogen and oxygen atoms in total. The maximum absolute atomic E-state index is 10.2. The van der Waals surface area contributed by atoms with Gasteiger partial charge in [0.05, 0.1) is 13.2 Å². The zero-order valence-electron chi connectivity index (χ0n) is 7.62. The van der Waals surface area contributed by atoms with Gasteiger partial charge in [-0.25, -0.2) is 0 Å². The van der Waals surface area contributed by atoms with Crippen LogP contribution in [0, 0.1) is 0 Å². The van der Waals surface area contributed by atoms with Gasteiger partial charge in [0.25, 0.3) is 0 Å². The number of carbonyl (C=O) groups excluding carboxylic acids is 2. The van der Waals surface area contributed by atoms with E-state index in [4.69, 9.17) is 4.74 Å². The highest BCUT2D eigenvalue weighted by molar-refractivity contribution is 5.71. The molecule has 0 N–H and O–H groups in total. The van der Waals surface area contributed by atoms with E-state index >= 15 is 0 Å². The average molecular weight is 174 g/mol. The Bertz CT molecular complexity index is 164. The second kappa shape index (κ2) is 5.57. The van der Waals surface area contributed by atoms with Crippen LogP contribution < -0.4 is 0 Å². The highest BCUT2D eigenvalue weighted by Crippen LogP contribution is 2.11. The van der Waals surface area contributed by atoms with Crippen molar-refractivity contribution in [3.63, 3.8) is 0 Å². The number of carbonyl (C=O) groups is 2. The van der Waals surface area contributed by atoms with E-state index in [1.54, 1.807) is 0 Å². The zero-order valence-corrected chi connectivity index (χ0v) is 7.62. The molecule has 1 heterocycles. The molecule has 12 heavy (non-hydrogen) atoms. The first-order valence-electron chi connectivity index (χ1n) is 3.80. The molecular formula is C8H14O4. The number of ether oxygens (including phenoxy) is 2. The van der Waals surface area contributed by atoms with Crippen LogP contribution in [0.4, 0.5) is 0 Å². The maximum Gasteiger partial charge on any atom is 0.306 e. The minimum absolute atomic E-state index is 0.0486. The molecule has 1 aliphatic heterocycles. The van der Waals surface area contributed by atoms with Gasteiger partial charge in [0, 0.05) is 13.3 Å². The summed E-state index contributed by atoms with van der Waals surface area (Å²) in [5, 5.41) is 0. The predicted octanol–water partition coefficient (Wildman–Crippen LogP) is 0.891. The van der Waals surface area contributed by atoms with Gasteiger partial charge >= 0.3 is 11.9 Å². The molecule has 0 amide bonds. The van der Waals surface area contributed by atoms with Gasteiger partial charge in [-0.2, -0.15) is 0 Å². The van der Waals surface area contributed by atoms with Gasteiger partial charge in [0.2, 0.25) is 0 Å². The lowest BCUT2D eigenvalue weighted by atomic mass is 10.3. The summed E-state index contributed by atoms with van der Waals surface area (Å²) in [6.45, 7) is 3.27. The van der Waals surface area contributed by atoms with Crippen molar-refractivity contribution in [3.05, 3.63) is 0 Å². The van der Waals surface area contributed by atoms with Crippen LogP contribution >= 0.6 is 0 Å². The average Bonchev–Trinajstić information content (AvgIpc) is 2.36. The summed E-state index contributed by atoms with van der Waals surface area (Å²) in [4.78, 5) is 19.8. The van der Waals surface area contributed by atoms with Crippen LogP contribution in [-0.2, 0) is 19.1 Å². The Hall–Kier alpha value is -1.06. The second-order valence-electron chi connectivity index (χ2n) is 2.53. The Labute approximate surface area is 71.8 Å². The lowest BCUT2D eigenvalue weighted by Gasteiger charge is -1.95. The van der Waals surface area contributed by atoms with E-state index in [0.717, 1.165) is 6.42 Å². The molecule has 0 saturated carbocycles. The van der Waals surface area contributed by atoms with Gasteiger partial charge in [-0.05, 0) is 13.3 Å². The van der Waals surface area contributed by atoms with Crippen LogP contribution in [0.3, 0.4) is 0 Å². The summed E-state index contributed by atoms with van der Waals surface area (Å²) >= 11 is 0. The summed E-state index contributed by atoms with van der Waals surface area (Å²) < 4.78 is 8.83. The molecule has 1 unspecified atom stereocenters. The number of rotatable bonds is 0. The Kier molecular flexibility index (Phi) is 5.08. The molecule has 0 aromatic carbocycles. The molecule has 4 heteroatoms. The summed E-state index contributed by atoms with van der Waals surface area (Å²) in [6.07, 6.45) is 1.69. The Morgan fingerprint density at radius 3 is 2.25 bits per heavy atom. The first-order chi connectivity index (χ1) is 5.56. The fourth-order valence-electron chi connectivity index (χ4n) is 0.663. The Morgan fingerprint density at radius 2 is 2.17 bits per heavy atom. The third kappa shape index (κ3) is 5.70. The van der Waals surface area contributed by atoms with E-state index in [0.29, 0.717) is 6.42 Å². The molecule has 0 aromatic rings. The zero-order chi connectivity index (χ0) is 9.56. The molecule has 0 spiro atoms. The topological polar surface area (TPSA) is 52.6 Å². The maximum atomic E-state index is 10.2.